The lowest BCUT2D eigenvalue weighted by Gasteiger charge is -2.23. The molecule has 0 radical (unpaired) electrons. The molecule has 1 heterocycles. The predicted octanol–water partition coefficient (Wildman–Crippen LogP) is 6.85. The van der Waals surface area contributed by atoms with E-state index in [2.05, 4.69) is 5.32 Å². The van der Waals surface area contributed by atoms with Crippen molar-refractivity contribution in [2.75, 3.05) is 5.32 Å². The number of hydrogen-bond donors (Lipinski definition) is 2. The number of aliphatic hydroxyl groups excluding tert-OH is 1. The first-order valence-corrected chi connectivity index (χ1v) is 10.8. The number of para-hydroxylation sites is 1. The molecule has 0 amide bonds. The van der Waals surface area contributed by atoms with Crippen LogP contribution < -0.4 is 10.7 Å². The molecule has 0 aliphatic heterocycles. The average molecular weight is 467 g/mol. The Hall–Kier alpha value is -3.58. The third-order valence-electron chi connectivity index (χ3n) is 5.83. The number of halogens is 3. The molecule has 176 valence electrons. The van der Waals surface area contributed by atoms with Crippen LogP contribution in [0.4, 0.5) is 18.9 Å². The van der Waals surface area contributed by atoms with Crippen molar-refractivity contribution >= 4 is 16.7 Å². The minimum atomic E-state index is -4.80. The third-order valence-corrected chi connectivity index (χ3v) is 5.83. The molecule has 0 bridgehead atoms. The van der Waals surface area contributed by atoms with Gasteiger partial charge in [-0.3, -0.25) is 4.79 Å². The lowest BCUT2D eigenvalue weighted by molar-refractivity contribution is -0.206. The summed E-state index contributed by atoms with van der Waals surface area (Å²) < 4.78 is 45.9. The van der Waals surface area contributed by atoms with E-state index in [9.17, 15) is 23.1 Å². The molecule has 4 rings (SSSR count). The fourth-order valence-electron chi connectivity index (χ4n) is 4.11. The van der Waals surface area contributed by atoms with Crippen LogP contribution in [0.5, 0.6) is 0 Å². The summed E-state index contributed by atoms with van der Waals surface area (Å²) in [6.45, 7) is 5.33. The molecule has 4 nitrogen and oxygen atoms in total. The Bertz CT molecular complexity index is 1390. The molecule has 0 aliphatic rings. The van der Waals surface area contributed by atoms with E-state index in [0.717, 1.165) is 11.1 Å². The topological polar surface area (TPSA) is 62.5 Å². The Labute approximate surface area is 194 Å². The quantitative estimate of drug-likeness (QED) is 0.337. The summed E-state index contributed by atoms with van der Waals surface area (Å²) in [6.07, 6.45) is -7.42. The van der Waals surface area contributed by atoms with Gasteiger partial charge in [0.2, 0.25) is 0 Å². The second-order valence-electron chi connectivity index (χ2n) is 8.38. The Morgan fingerprint density at radius 3 is 2.26 bits per heavy atom. The normalized spacial score (nSPS) is 13.6. The van der Waals surface area contributed by atoms with E-state index in [-0.39, 0.29) is 16.7 Å². The number of nitrogens with one attached hydrogen (secondary N) is 1. The minimum Gasteiger partial charge on any atom is -0.455 e. The number of rotatable bonds is 5. The van der Waals surface area contributed by atoms with Gasteiger partial charge in [-0.15, -0.1) is 0 Å². The van der Waals surface area contributed by atoms with Crippen LogP contribution in [0, 0.1) is 13.8 Å². The summed E-state index contributed by atoms with van der Waals surface area (Å²) in [7, 11) is 0. The summed E-state index contributed by atoms with van der Waals surface area (Å²) in [4.78, 5) is 13.2. The molecular weight excluding hydrogens is 443 g/mol. The first-order chi connectivity index (χ1) is 16.1. The molecule has 0 fully saturated rings. The lowest BCUT2D eigenvalue weighted by Crippen LogP contribution is -2.22. The first kappa shape index (κ1) is 23.6. The van der Waals surface area contributed by atoms with E-state index in [0.29, 0.717) is 27.9 Å². The zero-order valence-electron chi connectivity index (χ0n) is 18.9. The molecule has 0 saturated carbocycles. The standard InChI is InChI=1S/C27H24F3NO3/c1-15-13-20(17(3)31-22-12-8-7-11-19(22)26(33)27(28,29)30)25-21(14-15)23(32)16(2)24(34-25)18-9-5-4-6-10-18/h4-14,17,26,31,33H,1-3H3. The highest BCUT2D eigenvalue weighted by Crippen LogP contribution is 2.38. The Kier molecular flexibility index (Phi) is 6.23. The highest BCUT2D eigenvalue weighted by molar-refractivity contribution is 5.84. The van der Waals surface area contributed by atoms with E-state index in [1.54, 1.807) is 26.0 Å². The van der Waals surface area contributed by atoms with Crippen LogP contribution in [0.25, 0.3) is 22.3 Å². The van der Waals surface area contributed by atoms with E-state index in [4.69, 9.17) is 4.42 Å². The van der Waals surface area contributed by atoms with Gasteiger partial charge in [0.05, 0.1) is 11.4 Å². The molecule has 34 heavy (non-hydrogen) atoms. The number of alkyl halides is 3. The van der Waals surface area contributed by atoms with Gasteiger partial charge in [0.25, 0.3) is 0 Å². The molecule has 0 spiro atoms. The molecule has 2 atom stereocenters. The third kappa shape index (κ3) is 4.43. The zero-order chi connectivity index (χ0) is 24.6. The smallest absolute Gasteiger partial charge is 0.418 e. The number of fused-ring (bicyclic) bond motifs is 1. The number of aliphatic hydroxyl groups is 1. The molecule has 7 heteroatoms. The van der Waals surface area contributed by atoms with Crippen LogP contribution in [-0.4, -0.2) is 11.3 Å². The Balaban J connectivity index is 1.84. The maximum Gasteiger partial charge on any atom is 0.418 e. The van der Waals surface area contributed by atoms with Crippen LogP contribution in [0.15, 0.2) is 75.9 Å². The molecule has 2 unspecified atom stereocenters. The number of benzene rings is 3. The van der Waals surface area contributed by atoms with Gasteiger partial charge < -0.3 is 14.8 Å². The highest BCUT2D eigenvalue weighted by atomic mass is 19.4. The van der Waals surface area contributed by atoms with Gasteiger partial charge in [0.15, 0.2) is 11.5 Å². The molecular formula is C27H24F3NO3. The molecule has 0 saturated heterocycles. The number of hydrogen-bond acceptors (Lipinski definition) is 4. The van der Waals surface area contributed by atoms with Gasteiger partial charge >= 0.3 is 6.18 Å². The second-order valence-corrected chi connectivity index (χ2v) is 8.38. The van der Waals surface area contributed by atoms with Crippen molar-refractivity contribution in [3.8, 4) is 11.3 Å². The van der Waals surface area contributed by atoms with E-state index in [1.807, 2.05) is 43.3 Å². The molecule has 4 aromatic rings. The van der Waals surface area contributed by atoms with Gasteiger partial charge in [0, 0.05) is 27.9 Å². The summed E-state index contributed by atoms with van der Waals surface area (Å²) in [5.41, 5.74) is 2.76. The van der Waals surface area contributed by atoms with Crippen molar-refractivity contribution in [1.29, 1.82) is 0 Å². The fraction of sp³-hybridized carbons (Fsp3) is 0.222. The van der Waals surface area contributed by atoms with Gasteiger partial charge in [-0.25, -0.2) is 0 Å². The van der Waals surface area contributed by atoms with Crippen molar-refractivity contribution < 1.29 is 22.7 Å². The summed E-state index contributed by atoms with van der Waals surface area (Å²) >= 11 is 0. The van der Waals surface area contributed by atoms with Gasteiger partial charge in [-0.2, -0.15) is 13.2 Å². The maximum absolute atomic E-state index is 13.2. The van der Waals surface area contributed by atoms with Crippen LogP contribution in [0.3, 0.4) is 0 Å². The predicted molar refractivity (Wildman–Crippen MR) is 127 cm³/mol. The van der Waals surface area contributed by atoms with Crippen molar-refractivity contribution in [3.05, 3.63) is 99.2 Å². The zero-order valence-corrected chi connectivity index (χ0v) is 18.9. The second kappa shape index (κ2) is 8.99. The largest absolute Gasteiger partial charge is 0.455 e. The number of anilines is 1. The molecule has 0 aliphatic carbocycles. The average Bonchev–Trinajstić information content (AvgIpc) is 2.81. The van der Waals surface area contributed by atoms with Crippen LogP contribution in [0.1, 0.15) is 41.3 Å². The molecule has 3 aromatic carbocycles. The van der Waals surface area contributed by atoms with Crippen molar-refractivity contribution in [1.82, 2.24) is 0 Å². The van der Waals surface area contributed by atoms with Crippen LogP contribution in [-0.2, 0) is 0 Å². The van der Waals surface area contributed by atoms with E-state index < -0.39 is 18.3 Å². The van der Waals surface area contributed by atoms with E-state index >= 15 is 0 Å². The van der Waals surface area contributed by atoms with Gasteiger partial charge in [0.1, 0.15) is 11.3 Å². The number of aryl methyl sites for hydroxylation is 1. The van der Waals surface area contributed by atoms with Gasteiger partial charge in [-0.05, 0) is 38.5 Å². The first-order valence-electron chi connectivity index (χ1n) is 10.8. The molecule has 2 N–H and O–H groups in total. The van der Waals surface area contributed by atoms with Gasteiger partial charge in [-0.1, -0.05) is 54.6 Å². The van der Waals surface area contributed by atoms with Crippen molar-refractivity contribution in [2.45, 2.75) is 39.1 Å². The maximum atomic E-state index is 13.2. The van der Waals surface area contributed by atoms with Crippen molar-refractivity contribution in [3.63, 3.8) is 0 Å². The Morgan fingerprint density at radius 2 is 1.59 bits per heavy atom. The van der Waals surface area contributed by atoms with Crippen molar-refractivity contribution in [2.24, 2.45) is 0 Å². The fourth-order valence-corrected chi connectivity index (χ4v) is 4.11. The SMILES string of the molecule is Cc1cc(C(C)Nc2ccccc2C(O)C(F)(F)F)c2oc(-c3ccccc3)c(C)c(=O)c2c1. The minimum absolute atomic E-state index is 0.146. The van der Waals surface area contributed by atoms with Crippen LogP contribution in [0.2, 0.25) is 0 Å². The monoisotopic (exact) mass is 467 g/mol. The highest BCUT2D eigenvalue weighted by Gasteiger charge is 2.40. The van der Waals surface area contributed by atoms with Crippen LogP contribution >= 0.6 is 0 Å². The summed E-state index contributed by atoms with van der Waals surface area (Å²) in [6, 6.07) is 18.1. The Morgan fingerprint density at radius 1 is 0.941 bits per heavy atom. The van der Waals surface area contributed by atoms with E-state index in [1.165, 1.54) is 18.2 Å². The summed E-state index contributed by atoms with van der Waals surface area (Å²) in [5, 5.41) is 13.3. The lowest BCUT2D eigenvalue weighted by atomic mass is 9.98. The molecule has 1 aromatic heterocycles. The summed E-state index contributed by atoms with van der Waals surface area (Å²) in [5.74, 6) is 0.447.